The van der Waals surface area contributed by atoms with Gasteiger partial charge >= 0.3 is 5.97 Å². The van der Waals surface area contributed by atoms with Gasteiger partial charge in [-0.3, -0.25) is 9.59 Å². The Kier molecular flexibility index (Phi) is 4.61. The van der Waals surface area contributed by atoms with Crippen LogP contribution < -0.4 is 5.73 Å². The van der Waals surface area contributed by atoms with Crippen LogP contribution in [-0.2, 0) is 9.53 Å². The van der Waals surface area contributed by atoms with Gasteiger partial charge in [0.05, 0.1) is 12.0 Å². The predicted octanol–water partition coefficient (Wildman–Crippen LogP) is -0.442. The maximum atomic E-state index is 12.0. The van der Waals surface area contributed by atoms with Gasteiger partial charge in [-0.05, 0) is 18.4 Å². The van der Waals surface area contributed by atoms with Gasteiger partial charge in [0, 0.05) is 5.92 Å². The number of carbonyl (C=O) groups is 2. The van der Waals surface area contributed by atoms with E-state index in [0.29, 0.717) is 18.4 Å². The summed E-state index contributed by atoms with van der Waals surface area (Å²) in [4.78, 5) is 27.3. The topological polar surface area (TPSA) is 141 Å². The van der Waals surface area contributed by atoms with Crippen LogP contribution in [0.5, 0.6) is 0 Å². The third-order valence-corrected chi connectivity index (χ3v) is 4.80. The molecule has 2 aliphatic rings. The molecule has 1 amide bonds. The first-order valence-corrected chi connectivity index (χ1v) is 8.28. The summed E-state index contributed by atoms with van der Waals surface area (Å²) in [5.74, 6) is -2.07. The highest BCUT2D eigenvalue weighted by Gasteiger charge is 2.52. The first-order valence-electron chi connectivity index (χ1n) is 8.28. The minimum absolute atomic E-state index is 0.0981. The van der Waals surface area contributed by atoms with Crippen molar-refractivity contribution in [1.82, 2.24) is 14.8 Å². The molecular weight excluding hydrogens is 328 g/mol. The SMILES string of the molecule is CC(C)C(=O)OC1CCC=C2C1C(O)C(O)C2n1ncnc1C(N)=O. The average molecular weight is 350 g/mol. The lowest BCUT2D eigenvalue weighted by Crippen LogP contribution is -2.38. The summed E-state index contributed by atoms with van der Waals surface area (Å²) in [5, 5.41) is 25.1. The zero-order chi connectivity index (χ0) is 18.3. The van der Waals surface area contributed by atoms with Gasteiger partial charge in [-0.15, -0.1) is 0 Å². The van der Waals surface area contributed by atoms with E-state index in [4.69, 9.17) is 10.5 Å². The van der Waals surface area contributed by atoms with Gasteiger partial charge in [-0.2, -0.15) is 5.10 Å². The summed E-state index contributed by atoms with van der Waals surface area (Å²) in [6.07, 6.45) is 1.35. The van der Waals surface area contributed by atoms with Gasteiger partial charge in [0.25, 0.3) is 5.91 Å². The number of rotatable bonds is 4. The van der Waals surface area contributed by atoms with Crippen molar-refractivity contribution in [2.24, 2.45) is 17.6 Å². The van der Waals surface area contributed by atoms with Gasteiger partial charge in [-0.25, -0.2) is 9.67 Å². The summed E-state index contributed by atoms with van der Waals surface area (Å²) in [5.41, 5.74) is 5.99. The summed E-state index contributed by atoms with van der Waals surface area (Å²) in [6, 6.07) is -0.773. The van der Waals surface area contributed by atoms with Crippen molar-refractivity contribution in [3.8, 4) is 0 Å². The molecule has 5 unspecified atom stereocenters. The molecule has 25 heavy (non-hydrogen) atoms. The number of fused-ring (bicyclic) bond motifs is 1. The summed E-state index contributed by atoms with van der Waals surface area (Å²) >= 11 is 0. The largest absolute Gasteiger partial charge is 0.461 e. The van der Waals surface area contributed by atoms with Crippen LogP contribution in [0.1, 0.15) is 43.3 Å². The van der Waals surface area contributed by atoms with Crippen molar-refractivity contribution in [2.45, 2.75) is 51.0 Å². The predicted molar refractivity (Wildman–Crippen MR) is 85.1 cm³/mol. The Balaban J connectivity index is 1.94. The van der Waals surface area contributed by atoms with E-state index in [1.165, 1.54) is 11.0 Å². The second-order valence-electron chi connectivity index (χ2n) is 6.76. The van der Waals surface area contributed by atoms with Gasteiger partial charge in [0.1, 0.15) is 24.6 Å². The fourth-order valence-electron chi connectivity index (χ4n) is 3.61. The number of aromatic nitrogens is 3. The van der Waals surface area contributed by atoms with E-state index in [2.05, 4.69) is 10.1 Å². The number of carbonyl (C=O) groups excluding carboxylic acids is 2. The normalized spacial score (nSPS) is 31.6. The Labute approximate surface area is 144 Å². The smallest absolute Gasteiger partial charge is 0.308 e. The van der Waals surface area contributed by atoms with Crippen LogP contribution in [-0.4, -0.2) is 55.2 Å². The van der Waals surface area contributed by atoms with E-state index in [0.717, 1.165) is 0 Å². The van der Waals surface area contributed by atoms with Crippen LogP contribution in [0.2, 0.25) is 0 Å². The molecule has 1 heterocycles. The highest BCUT2D eigenvalue weighted by molar-refractivity contribution is 5.89. The molecule has 9 heteroatoms. The maximum Gasteiger partial charge on any atom is 0.308 e. The molecular formula is C16H22N4O5. The monoisotopic (exact) mass is 350 g/mol. The van der Waals surface area contributed by atoms with Crippen LogP contribution in [0, 0.1) is 11.8 Å². The molecule has 136 valence electrons. The number of nitrogens with two attached hydrogens (primary N) is 1. The third-order valence-electron chi connectivity index (χ3n) is 4.80. The highest BCUT2D eigenvalue weighted by Crippen LogP contribution is 2.46. The molecule has 0 aliphatic heterocycles. The average Bonchev–Trinajstić information content (AvgIpc) is 3.12. The van der Waals surface area contributed by atoms with E-state index >= 15 is 0 Å². The maximum absolute atomic E-state index is 12.0. The zero-order valence-electron chi connectivity index (χ0n) is 14.1. The fourth-order valence-corrected chi connectivity index (χ4v) is 3.61. The van der Waals surface area contributed by atoms with Gasteiger partial charge in [0.2, 0.25) is 5.82 Å². The van der Waals surface area contributed by atoms with E-state index in [9.17, 15) is 19.8 Å². The van der Waals surface area contributed by atoms with E-state index < -0.39 is 36.2 Å². The molecule has 0 radical (unpaired) electrons. The molecule has 1 saturated carbocycles. The third kappa shape index (κ3) is 2.93. The van der Waals surface area contributed by atoms with Crippen molar-refractivity contribution in [1.29, 1.82) is 0 Å². The van der Waals surface area contributed by atoms with Crippen LogP contribution in [0.25, 0.3) is 0 Å². The molecule has 3 rings (SSSR count). The Bertz CT molecular complexity index is 713. The number of amides is 1. The fraction of sp³-hybridized carbons (Fsp3) is 0.625. The van der Waals surface area contributed by atoms with Crippen molar-refractivity contribution < 1.29 is 24.5 Å². The summed E-state index contributed by atoms with van der Waals surface area (Å²) in [6.45, 7) is 3.47. The quantitative estimate of drug-likeness (QED) is 0.494. The van der Waals surface area contributed by atoms with E-state index in [1.807, 2.05) is 6.08 Å². The number of allylic oxidation sites excluding steroid dienone is 1. The number of primary amides is 1. The number of nitrogens with zero attached hydrogens (tertiary/aromatic N) is 3. The molecule has 0 spiro atoms. The molecule has 0 saturated heterocycles. The standard InChI is InChI=1S/C16H22N4O5/c1-7(2)16(24)25-9-5-3-4-8-10(9)12(21)13(22)11(8)20-15(14(17)23)18-6-19-20/h4,6-7,9-13,21-22H,3,5H2,1-2H3,(H2,17,23). The van der Waals surface area contributed by atoms with Crippen LogP contribution in [0.15, 0.2) is 18.0 Å². The van der Waals surface area contributed by atoms with Crippen LogP contribution >= 0.6 is 0 Å². The highest BCUT2D eigenvalue weighted by atomic mass is 16.5. The van der Waals surface area contributed by atoms with Gasteiger partial charge in [-0.1, -0.05) is 19.9 Å². The molecule has 5 atom stereocenters. The number of esters is 1. The van der Waals surface area contributed by atoms with Crippen molar-refractivity contribution in [3.05, 3.63) is 23.8 Å². The number of hydrogen-bond acceptors (Lipinski definition) is 7. The molecule has 9 nitrogen and oxygen atoms in total. The molecule has 1 fully saturated rings. The molecule has 0 aromatic carbocycles. The van der Waals surface area contributed by atoms with E-state index in [1.54, 1.807) is 13.8 Å². The van der Waals surface area contributed by atoms with Crippen molar-refractivity contribution in [2.75, 3.05) is 0 Å². The first-order chi connectivity index (χ1) is 11.8. The minimum Gasteiger partial charge on any atom is -0.461 e. The molecule has 1 aromatic rings. The van der Waals surface area contributed by atoms with Gasteiger partial charge in [0.15, 0.2) is 0 Å². The second-order valence-corrected chi connectivity index (χ2v) is 6.76. The molecule has 2 aliphatic carbocycles. The number of aliphatic hydroxyl groups excluding tert-OH is 2. The molecule has 4 N–H and O–H groups in total. The number of aliphatic hydroxyl groups is 2. The second kappa shape index (κ2) is 6.57. The minimum atomic E-state index is -1.21. The summed E-state index contributed by atoms with van der Waals surface area (Å²) in [7, 11) is 0. The number of hydrogen-bond donors (Lipinski definition) is 3. The Hall–Kier alpha value is -2.26. The molecule has 0 bridgehead atoms. The lowest BCUT2D eigenvalue weighted by Gasteiger charge is -2.31. The lowest BCUT2D eigenvalue weighted by molar-refractivity contribution is -0.158. The first kappa shape index (κ1) is 17.6. The summed E-state index contributed by atoms with van der Waals surface area (Å²) < 4.78 is 6.77. The number of ether oxygens (including phenoxy) is 1. The Morgan fingerprint density at radius 3 is 2.72 bits per heavy atom. The van der Waals surface area contributed by atoms with E-state index in [-0.39, 0.29) is 17.7 Å². The van der Waals surface area contributed by atoms with Crippen LogP contribution in [0.3, 0.4) is 0 Å². The lowest BCUT2D eigenvalue weighted by atomic mass is 9.85. The molecule has 1 aromatic heterocycles. The Morgan fingerprint density at radius 2 is 2.08 bits per heavy atom. The zero-order valence-corrected chi connectivity index (χ0v) is 14.1. The Morgan fingerprint density at radius 1 is 1.36 bits per heavy atom. The van der Waals surface area contributed by atoms with Gasteiger partial charge < -0.3 is 20.7 Å². The van der Waals surface area contributed by atoms with Crippen molar-refractivity contribution in [3.63, 3.8) is 0 Å². The van der Waals surface area contributed by atoms with Crippen LogP contribution in [0.4, 0.5) is 0 Å². The van der Waals surface area contributed by atoms with Crippen molar-refractivity contribution >= 4 is 11.9 Å².